The van der Waals surface area contributed by atoms with E-state index in [1.54, 1.807) is 0 Å². The van der Waals surface area contributed by atoms with Crippen molar-refractivity contribution < 1.29 is 24.5 Å². The molecule has 0 heterocycles. The van der Waals surface area contributed by atoms with Crippen LogP contribution in [-0.2, 0) is 14.3 Å². The van der Waals surface area contributed by atoms with Crippen LogP contribution in [0.5, 0.6) is 0 Å². The summed E-state index contributed by atoms with van der Waals surface area (Å²) in [6.07, 6.45) is 106. The summed E-state index contributed by atoms with van der Waals surface area (Å²) in [5.41, 5.74) is 0. The number of carbonyl (C=O) groups is 2. The molecule has 0 aliphatic heterocycles. The number of esters is 1. The van der Waals surface area contributed by atoms with Crippen LogP contribution in [0.4, 0.5) is 0 Å². The molecule has 0 aromatic heterocycles. The number of aliphatic hydroxyl groups excluding tert-OH is 2. The molecular weight excluding hydrogens is 1130 g/mol. The van der Waals surface area contributed by atoms with Gasteiger partial charge in [0.25, 0.3) is 0 Å². The van der Waals surface area contributed by atoms with E-state index in [4.69, 9.17) is 4.74 Å². The molecule has 0 saturated carbocycles. The molecule has 0 rings (SSSR count). The van der Waals surface area contributed by atoms with E-state index in [0.717, 1.165) is 44.9 Å². The fourth-order valence-corrected chi connectivity index (χ4v) is 13.8. The maximum absolute atomic E-state index is 12.6. The first-order valence-corrected chi connectivity index (χ1v) is 42.6. The Hall–Kier alpha value is -1.66. The van der Waals surface area contributed by atoms with Gasteiger partial charge in [-0.3, -0.25) is 9.59 Å². The number of carbonyl (C=O) groups excluding carboxylic acids is 2. The molecule has 0 bridgehead atoms. The van der Waals surface area contributed by atoms with Gasteiger partial charge in [-0.1, -0.05) is 423 Å². The summed E-state index contributed by atoms with van der Waals surface area (Å²) < 4.78 is 5.48. The van der Waals surface area contributed by atoms with Crippen molar-refractivity contribution in [1.82, 2.24) is 5.32 Å². The SMILES string of the molecule is CCCCC/C=C\CCCCCCCC(=O)OCCCCCCCCCCCCCCCCCCCC/C=C\CCCCCCCCCCCCCCCCCCCC(=O)NC(CO)C(O)CCCCCCCCCCCCCCCCCCCCCCCCCC. The Balaban J connectivity index is 3.33. The van der Waals surface area contributed by atoms with Crippen LogP contribution in [0, 0.1) is 0 Å². The summed E-state index contributed by atoms with van der Waals surface area (Å²) in [5, 5.41) is 23.5. The summed E-state index contributed by atoms with van der Waals surface area (Å²) in [7, 11) is 0. The number of hydrogen-bond donors (Lipinski definition) is 3. The van der Waals surface area contributed by atoms with Crippen LogP contribution < -0.4 is 5.32 Å². The van der Waals surface area contributed by atoms with Gasteiger partial charge >= 0.3 is 5.97 Å². The van der Waals surface area contributed by atoms with Crippen molar-refractivity contribution in [1.29, 1.82) is 0 Å². The average molecular weight is 1300 g/mol. The zero-order valence-electron chi connectivity index (χ0n) is 62.8. The highest BCUT2D eigenvalue weighted by Crippen LogP contribution is 2.21. The van der Waals surface area contributed by atoms with Gasteiger partial charge in [-0.2, -0.15) is 0 Å². The largest absolute Gasteiger partial charge is 0.466 e. The van der Waals surface area contributed by atoms with Crippen molar-refractivity contribution in [2.75, 3.05) is 13.2 Å². The van der Waals surface area contributed by atoms with Crippen LogP contribution in [0.15, 0.2) is 24.3 Å². The van der Waals surface area contributed by atoms with Crippen molar-refractivity contribution in [3.05, 3.63) is 24.3 Å². The van der Waals surface area contributed by atoms with Crippen molar-refractivity contribution in [3.63, 3.8) is 0 Å². The number of aliphatic hydroxyl groups is 2. The van der Waals surface area contributed by atoms with Crippen LogP contribution in [-0.4, -0.2) is 47.4 Å². The van der Waals surface area contributed by atoms with Gasteiger partial charge in [-0.15, -0.1) is 0 Å². The highest BCUT2D eigenvalue weighted by Gasteiger charge is 2.20. The van der Waals surface area contributed by atoms with Crippen molar-refractivity contribution >= 4 is 11.9 Å². The van der Waals surface area contributed by atoms with E-state index in [-0.39, 0.29) is 18.5 Å². The third-order valence-corrected chi connectivity index (χ3v) is 20.2. The predicted molar refractivity (Wildman–Crippen MR) is 407 cm³/mol. The zero-order valence-corrected chi connectivity index (χ0v) is 62.8. The van der Waals surface area contributed by atoms with E-state index < -0.39 is 12.1 Å². The summed E-state index contributed by atoms with van der Waals surface area (Å²) in [6.45, 7) is 4.98. The molecular formula is C86H167NO5. The van der Waals surface area contributed by atoms with E-state index in [2.05, 4.69) is 43.5 Å². The average Bonchev–Trinajstić information content (AvgIpc) is 3.71. The number of ether oxygens (including phenoxy) is 1. The first kappa shape index (κ1) is 90.3. The Morgan fingerprint density at radius 3 is 0.793 bits per heavy atom. The minimum Gasteiger partial charge on any atom is -0.466 e. The van der Waals surface area contributed by atoms with Crippen molar-refractivity contribution in [2.24, 2.45) is 0 Å². The normalized spacial score (nSPS) is 12.5. The molecule has 0 fully saturated rings. The molecule has 0 radical (unpaired) electrons. The van der Waals surface area contributed by atoms with Gasteiger partial charge in [0.05, 0.1) is 25.4 Å². The summed E-state index contributed by atoms with van der Waals surface area (Å²) in [4.78, 5) is 24.6. The molecule has 0 aromatic carbocycles. The molecule has 546 valence electrons. The number of allylic oxidation sites excluding steroid dienone is 4. The van der Waals surface area contributed by atoms with E-state index in [1.165, 1.54) is 411 Å². The van der Waals surface area contributed by atoms with Crippen molar-refractivity contribution in [2.45, 2.75) is 501 Å². The number of hydrogen-bond acceptors (Lipinski definition) is 5. The molecule has 1 amide bonds. The number of amides is 1. The van der Waals surface area contributed by atoms with Crippen LogP contribution in [0.2, 0.25) is 0 Å². The lowest BCUT2D eigenvalue weighted by atomic mass is 10.0. The highest BCUT2D eigenvalue weighted by atomic mass is 16.5. The smallest absolute Gasteiger partial charge is 0.305 e. The van der Waals surface area contributed by atoms with E-state index in [9.17, 15) is 19.8 Å². The fraction of sp³-hybridized carbons (Fsp3) is 0.930. The van der Waals surface area contributed by atoms with Gasteiger partial charge < -0.3 is 20.3 Å². The topological polar surface area (TPSA) is 95.9 Å². The lowest BCUT2D eigenvalue weighted by Crippen LogP contribution is -2.45. The van der Waals surface area contributed by atoms with Crippen molar-refractivity contribution in [3.8, 4) is 0 Å². The first-order valence-electron chi connectivity index (χ1n) is 42.6. The van der Waals surface area contributed by atoms with Gasteiger partial charge in [-0.05, 0) is 77.0 Å². The summed E-state index contributed by atoms with van der Waals surface area (Å²) >= 11 is 0. The van der Waals surface area contributed by atoms with Gasteiger partial charge in [0.1, 0.15) is 0 Å². The summed E-state index contributed by atoms with van der Waals surface area (Å²) in [6, 6.07) is -0.539. The minimum absolute atomic E-state index is 0.0132. The highest BCUT2D eigenvalue weighted by molar-refractivity contribution is 5.76. The quantitative estimate of drug-likeness (QED) is 0.0320. The molecule has 92 heavy (non-hydrogen) atoms. The molecule has 0 aromatic rings. The first-order chi connectivity index (χ1) is 45.5. The Labute approximate surface area is 577 Å². The third-order valence-electron chi connectivity index (χ3n) is 20.2. The molecule has 3 N–H and O–H groups in total. The Kier molecular flexibility index (Phi) is 80.3. The molecule has 2 atom stereocenters. The third kappa shape index (κ3) is 77.3. The van der Waals surface area contributed by atoms with E-state index >= 15 is 0 Å². The summed E-state index contributed by atoms with van der Waals surface area (Å²) in [5.74, 6) is -0.0111. The van der Waals surface area contributed by atoms with Gasteiger partial charge in [0.2, 0.25) is 5.91 Å². The van der Waals surface area contributed by atoms with E-state index in [0.29, 0.717) is 25.9 Å². The molecule has 0 aliphatic rings. The van der Waals surface area contributed by atoms with Gasteiger partial charge in [-0.25, -0.2) is 0 Å². The Bertz CT molecular complexity index is 1450. The Morgan fingerprint density at radius 1 is 0.293 bits per heavy atom. The maximum Gasteiger partial charge on any atom is 0.305 e. The second kappa shape index (κ2) is 81.8. The Morgan fingerprint density at radius 2 is 0.511 bits per heavy atom. The standard InChI is InChI=1S/C86H167NO5/c1-3-5-7-9-11-13-15-17-18-19-20-21-22-40-43-46-49-52-55-58-62-66-70-74-78-84(89)83(82-88)87-85(90)79-75-71-67-63-59-56-53-50-47-44-41-38-36-34-32-30-28-26-24-23-25-27-29-31-33-35-37-39-42-45-48-51-54-57-61-65-69-73-77-81-92-86(91)80-76-72-68-64-60-16-14-12-10-8-6-4-2/h12,14,23-24,83-84,88-89H,3-11,13,15-22,25-82H2,1-2H3,(H,87,90)/b14-12-,24-23-. The maximum atomic E-state index is 12.6. The molecule has 0 saturated heterocycles. The number of unbranched alkanes of at least 4 members (excludes halogenated alkanes) is 66. The molecule has 6 nitrogen and oxygen atoms in total. The predicted octanol–water partition coefficient (Wildman–Crippen LogP) is 28.4. The van der Waals surface area contributed by atoms with Crippen LogP contribution in [0.1, 0.15) is 489 Å². The molecule has 0 spiro atoms. The van der Waals surface area contributed by atoms with Gasteiger partial charge in [0.15, 0.2) is 0 Å². The monoisotopic (exact) mass is 1290 g/mol. The lowest BCUT2D eigenvalue weighted by molar-refractivity contribution is -0.143. The molecule has 6 heteroatoms. The number of nitrogens with one attached hydrogen (secondary N) is 1. The van der Waals surface area contributed by atoms with Crippen LogP contribution >= 0.6 is 0 Å². The molecule has 0 aliphatic carbocycles. The second-order valence-corrected chi connectivity index (χ2v) is 29.5. The number of rotatable bonds is 81. The fourth-order valence-electron chi connectivity index (χ4n) is 13.8. The molecule has 2 unspecified atom stereocenters. The minimum atomic E-state index is -0.663. The zero-order chi connectivity index (χ0) is 66.3. The second-order valence-electron chi connectivity index (χ2n) is 29.5. The van der Waals surface area contributed by atoms with E-state index in [1.807, 2.05) is 0 Å². The van der Waals surface area contributed by atoms with Crippen LogP contribution in [0.25, 0.3) is 0 Å². The van der Waals surface area contributed by atoms with Gasteiger partial charge in [0, 0.05) is 12.8 Å². The lowest BCUT2D eigenvalue weighted by Gasteiger charge is -2.22. The van der Waals surface area contributed by atoms with Crippen LogP contribution in [0.3, 0.4) is 0 Å².